The average Bonchev–Trinajstić information content (AvgIpc) is 2.94. The molecule has 2 aromatic rings. The summed E-state index contributed by atoms with van der Waals surface area (Å²) < 4.78 is 6.95. The molecule has 0 aliphatic rings. The maximum atomic E-state index is 12.1. The number of rotatable bonds is 9. The number of anilines is 1. The number of nitrogens with zero attached hydrogens (tertiary/aromatic N) is 4. The molecule has 0 aliphatic carbocycles. The second-order valence-corrected chi connectivity index (χ2v) is 6.08. The number of carbonyl (C=O) groups is 1. The minimum atomic E-state index is -0.529. The number of hydrogen-bond donors (Lipinski definition) is 1. The van der Waals surface area contributed by atoms with Gasteiger partial charge in [-0.2, -0.15) is 0 Å². The molecular formula is C15H19N5O4S. The van der Waals surface area contributed by atoms with Crippen LogP contribution in [0.15, 0.2) is 29.4 Å². The number of thioether (sulfide) groups is 1. The van der Waals surface area contributed by atoms with Gasteiger partial charge in [0.2, 0.25) is 5.91 Å². The molecule has 1 aromatic heterocycles. The van der Waals surface area contributed by atoms with Gasteiger partial charge in [0.15, 0.2) is 5.16 Å². The van der Waals surface area contributed by atoms with Gasteiger partial charge in [-0.05, 0) is 19.4 Å². The molecule has 0 aliphatic heterocycles. The second kappa shape index (κ2) is 9.14. The Hall–Kier alpha value is -2.46. The molecule has 10 heteroatoms. The Bertz CT molecular complexity index is 749. The molecule has 1 N–H and O–H groups in total. The maximum absolute atomic E-state index is 12.1. The molecule has 134 valence electrons. The number of nitrogens with one attached hydrogen (secondary N) is 1. The van der Waals surface area contributed by atoms with Crippen LogP contribution in [0.4, 0.5) is 11.4 Å². The van der Waals surface area contributed by atoms with E-state index in [1.807, 2.05) is 11.5 Å². The van der Waals surface area contributed by atoms with Crippen LogP contribution in [-0.2, 0) is 16.1 Å². The van der Waals surface area contributed by atoms with Crippen molar-refractivity contribution in [2.45, 2.75) is 25.0 Å². The summed E-state index contributed by atoms with van der Waals surface area (Å²) in [5, 5.41) is 22.3. The molecule has 0 radical (unpaired) electrons. The Morgan fingerprint density at radius 1 is 1.40 bits per heavy atom. The van der Waals surface area contributed by atoms with E-state index in [1.54, 1.807) is 19.2 Å². The Morgan fingerprint density at radius 2 is 2.16 bits per heavy atom. The summed E-state index contributed by atoms with van der Waals surface area (Å²) in [7, 11) is 1.64. The lowest BCUT2D eigenvalue weighted by Gasteiger charge is -2.08. The molecule has 2 rings (SSSR count). The first-order chi connectivity index (χ1) is 12.0. The number of methoxy groups -OCH3 is 1. The summed E-state index contributed by atoms with van der Waals surface area (Å²) >= 11 is 1.23. The number of nitro groups is 1. The molecule has 9 nitrogen and oxygen atoms in total. The third kappa shape index (κ3) is 5.26. The molecule has 0 saturated heterocycles. The molecule has 0 atom stereocenters. The number of aryl methyl sites for hydroxylation is 1. The van der Waals surface area contributed by atoms with Gasteiger partial charge < -0.3 is 14.6 Å². The molecule has 1 amide bonds. The van der Waals surface area contributed by atoms with Crippen LogP contribution in [0.1, 0.15) is 12.2 Å². The largest absolute Gasteiger partial charge is 0.385 e. The zero-order valence-corrected chi connectivity index (χ0v) is 14.8. The first-order valence-corrected chi connectivity index (χ1v) is 8.56. The zero-order valence-electron chi connectivity index (χ0n) is 14.0. The van der Waals surface area contributed by atoms with Crippen molar-refractivity contribution in [3.63, 3.8) is 0 Å². The molecule has 0 saturated carbocycles. The SMILES string of the molecule is COCCCn1c(C)nnc1SCC(=O)Nc1ccccc1[N+](=O)[O-]. The van der Waals surface area contributed by atoms with Crippen LogP contribution in [0.3, 0.4) is 0 Å². The summed E-state index contributed by atoms with van der Waals surface area (Å²) in [6, 6.07) is 6.02. The summed E-state index contributed by atoms with van der Waals surface area (Å²) in [6.45, 7) is 3.16. The van der Waals surface area contributed by atoms with E-state index in [-0.39, 0.29) is 23.0 Å². The van der Waals surface area contributed by atoms with Crippen molar-refractivity contribution < 1.29 is 14.5 Å². The highest BCUT2D eigenvalue weighted by atomic mass is 32.2. The fraction of sp³-hybridized carbons (Fsp3) is 0.400. The van der Waals surface area contributed by atoms with Crippen molar-refractivity contribution in [2.24, 2.45) is 0 Å². The maximum Gasteiger partial charge on any atom is 0.292 e. The minimum Gasteiger partial charge on any atom is -0.385 e. The Kier molecular flexibility index (Phi) is 6.90. The number of hydrogen-bond acceptors (Lipinski definition) is 7. The molecule has 0 bridgehead atoms. The Balaban J connectivity index is 1.96. The van der Waals surface area contributed by atoms with Crippen LogP contribution >= 0.6 is 11.8 Å². The van der Waals surface area contributed by atoms with E-state index in [0.29, 0.717) is 18.3 Å². The van der Waals surface area contributed by atoms with Crippen LogP contribution in [0.2, 0.25) is 0 Å². The van der Waals surface area contributed by atoms with Gasteiger partial charge in [0.25, 0.3) is 5.69 Å². The van der Waals surface area contributed by atoms with E-state index in [4.69, 9.17) is 4.74 Å². The molecule has 1 heterocycles. The highest BCUT2D eigenvalue weighted by Gasteiger charge is 2.16. The summed E-state index contributed by atoms with van der Waals surface area (Å²) in [5.41, 5.74) is 0.0373. The predicted molar refractivity (Wildman–Crippen MR) is 93.7 cm³/mol. The number of carbonyl (C=O) groups excluding carboxylic acids is 1. The Morgan fingerprint density at radius 3 is 2.88 bits per heavy atom. The van der Waals surface area contributed by atoms with Crippen LogP contribution in [-0.4, -0.2) is 45.1 Å². The summed E-state index contributed by atoms with van der Waals surface area (Å²) in [5.74, 6) is 0.496. The number of benzene rings is 1. The lowest BCUT2D eigenvalue weighted by molar-refractivity contribution is -0.383. The molecule has 0 spiro atoms. The van der Waals surface area contributed by atoms with E-state index in [1.165, 1.54) is 23.9 Å². The van der Waals surface area contributed by atoms with Gasteiger partial charge in [0.05, 0.1) is 10.7 Å². The number of ether oxygens (including phenoxy) is 1. The van der Waals surface area contributed by atoms with Gasteiger partial charge in [-0.15, -0.1) is 10.2 Å². The predicted octanol–water partition coefficient (Wildman–Crippen LogP) is 2.26. The van der Waals surface area contributed by atoms with Gasteiger partial charge in [0.1, 0.15) is 11.5 Å². The topological polar surface area (TPSA) is 112 Å². The van der Waals surface area contributed by atoms with Crippen molar-refractivity contribution in [2.75, 3.05) is 24.8 Å². The normalized spacial score (nSPS) is 10.6. The quantitative estimate of drug-likeness (QED) is 0.314. The van der Waals surface area contributed by atoms with Crippen molar-refractivity contribution in [3.8, 4) is 0 Å². The van der Waals surface area contributed by atoms with Gasteiger partial charge in [-0.3, -0.25) is 14.9 Å². The fourth-order valence-electron chi connectivity index (χ4n) is 2.15. The van der Waals surface area contributed by atoms with Crippen molar-refractivity contribution >= 4 is 29.0 Å². The third-order valence-electron chi connectivity index (χ3n) is 3.34. The van der Waals surface area contributed by atoms with Crippen LogP contribution in [0.5, 0.6) is 0 Å². The number of amides is 1. The lowest BCUT2D eigenvalue weighted by atomic mass is 10.2. The Labute approximate surface area is 148 Å². The van der Waals surface area contributed by atoms with Gasteiger partial charge in [-0.1, -0.05) is 23.9 Å². The molecule has 25 heavy (non-hydrogen) atoms. The van der Waals surface area contributed by atoms with E-state index < -0.39 is 4.92 Å². The van der Waals surface area contributed by atoms with E-state index >= 15 is 0 Å². The van der Waals surface area contributed by atoms with Crippen LogP contribution in [0, 0.1) is 17.0 Å². The zero-order chi connectivity index (χ0) is 18.2. The highest BCUT2D eigenvalue weighted by molar-refractivity contribution is 7.99. The van der Waals surface area contributed by atoms with Gasteiger partial charge in [0, 0.05) is 26.3 Å². The minimum absolute atomic E-state index is 0.0778. The van der Waals surface area contributed by atoms with Crippen molar-refractivity contribution in [1.82, 2.24) is 14.8 Å². The first kappa shape index (κ1) is 18.9. The number of aromatic nitrogens is 3. The van der Waals surface area contributed by atoms with E-state index in [0.717, 1.165) is 12.2 Å². The molecule has 0 fully saturated rings. The van der Waals surface area contributed by atoms with Crippen LogP contribution < -0.4 is 5.32 Å². The fourth-order valence-corrected chi connectivity index (χ4v) is 2.96. The molecular weight excluding hydrogens is 346 g/mol. The van der Waals surface area contributed by atoms with Crippen LogP contribution in [0.25, 0.3) is 0 Å². The van der Waals surface area contributed by atoms with E-state index in [2.05, 4.69) is 15.5 Å². The number of para-hydroxylation sites is 2. The van der Waals surface area contributed by atoms with Gasteiger partial charge >= 0.3 is 0 Å². The molecule has 0 unspecified atom stereocenters. The molecule has 1 aromatic carbocycles. The highest BCUT2D eigenvalue weighted by Crippen LogP contribution is 2.24. The van der Waals surface area contributed by atoms with E-state index in [9.17, 15) is 14.9 Å². The average molecular weight is 365 g/mol. The third-order valence-corrected chi connectivity index (χ3v) is 4.31. The number of nitro benzene ring substituents is 1. The summed E-state index contributed by atoms with van der Waals surface area (Å²) in [4.78, 5) is 22.6. The first-order valence-electron chi connectivity index (χ1n) is 7.57. The summed E-state index contributed by atoms with van der Waals surface area (Å²) in [6.07, 6.45) is 0.811. The smallest absolute Gasteiger partial charge is 0.292 e. The monoisotopic (exact) mass is 365 g/mol. The van der Waals surface area contributed by atoms with Gasteiger partial charge in [-0.25, -0.2) is 0 Å². The second-order valence-electron chi connectivity index (χ2n) is 5.14. The standard InChI is InChI=1S/C15H19N5O4S/c1-11-17-18-15(19(11)8-5-9-24-2)25-10-14(21)16-12-6-3-4-7-13(12)20(22)23/h3-4,6-7H,5,8-10H2,1-2H3,(H,16,21). The lowest BCUT2D eigenvalue weighted by Crippen LogP contribution is -2.15. The van der Waals surface area contributed by atoms with Crippen molar-refractivity contribution in [3.05, 3.63) is 40.2 Å². The van der Waals surface area contributed by atoms with Crippen molar-refractivity contribution in [1.29, 1.82) is 0 Å².